The Morgan fingerprint density at radius 2 is 2.04 bits per heavy atom. The van der Waals surface area contributed by atoms with E-state index < -0.39 is 0 Å². The van der Waals surface area contributed by atoms with E-state index in [-0.39, 0.29) is 5.82 Å². The van der Waals surface area contributed by atoms with E-state index in [0.717, 1.165) is 55.7 Å². The molecular weight excluding hydrogens is 337 g/mol. The molecule has 25 heavy (non-hydrogen) atoms. The van der Waals surface area contributed by atoms with Crippen molar-refractivity contribution in [3.05, 3.63) is 42.5 Å². The normalized spacial score (nSPS) is 14.4. The van der Waals surface area contributed by atoms with Crippen molar-refractivity contribution in [2.75, 3.05) is 59.8 Å². The third-order valence-corrected chi connectivity index (χ3v) is 5.17. The standard InChI is InChI=1S/C18H24FN5S/c1-23(16-6-3-2-5-15(16)19)8-4-7-20-17-13-18(22-14-21-17)24-9-11-25-12-10-24/h2-3,5-6,13-14H,4,7-12H2,1H3,(H,20,21,22). The van der Waals surface area contributed by atoms with Gasteiger partial charge in [0.1, 0.15) is 23.8 Å². The lowest BCUT2D eigenvalue weighted by molar-refractivity contribution is 0.621. The molecule has 0 saturated carbocycles. The molecule has 2 aromatic rings. The zero-order valence-corrected chi connectivity index (χ0v) is 15.3. The summed E-state index contributed by atoms with van der Waals surface area (Å²) in [7, 11) is 1.91. The number of hydrogen-bond acceptors (Lipinski definition) is 6. The molecule has 0 spiro atoms. The number of anilines is 3. The maximum Gasteiger partial charge on any atom is 0.146 e. The van der Waals surface area contributed by atoms with Gasteiger partial charge in [0.25, 0.3) is 0 Å². The molecular formula is C18H24FN5S. The molecule has 1 aliphatic rings. The van der Waals surface area contributed by atoms with Crippen molar-refractivity contribution in [1.82, 2.24) is 9.97 Å². The minimum Gasteiger partial charge on any atom is -0.372 e. The molecule has 3 rings (SSSR count). The van der Waals surface area contributed by atoms with Gasteiger partial charge in [0.05, 0.1) is 5.69 Å². The Hall–Kier alpha value is -2.02. The largest absolute Gasteiger partial charge is 0.372 e. The summed E-state index contributed by atoms with van der Waals surface area (Å²) in [6.07, 6.45) is 2.51. The summed E-state index contributed by atoms with van der Waals surface area (Å²) in [4.78, 5) is 12.9. The van der Waals surface area contributed by atoms with E-state index in [2.05, 4.69) is 20.2 Å². The summed E-state index contributed by atoms with van der Waals surface area (Å²) in [5.41, 5.74) is 0.634. The second kappa shape index (κ2) is 8.89. The Bertz CT molecular complexity index is 678. The highest BCUT2D eigenvalue weighted by Gasteiger charge is 2.13. The number of hydrogen-bond donors (Lipinski definition) is 1. The average Bonchev–Trinajstić information content (AvgIpc) is 2.66. The maximum atomic E-state index is 13.8. The molecule has 7 heteroatoms. The molecule has 0 bridgehead atoms. The summed E-state index contributed by atoms with van der Waals surface area (Å²) in [5, 5.41) is 3.34. The third kappa shape index (κ3) is 4.98. The predicted octanol–water partition coefficient (Wildman–Crippen LogP) is 3.11. The van der Waals surface area contributed by atoms with Crippen LogP contribution in [0.4, 0.5) is 21.7 Å². The molecule has 1 aliphatic heterocycles. The molecule has 0 amide bonds. The van der Waals surface area contributed by atoms with Crippen LogP contribution in [-0.4, -0.2) is 54.7 Å². The van der Waals surface area contributed by atoms with E-state index in [0.29, 0.717) is 5.69 Å². The molecule has 1 aromatic carbocycles. The Labute approximate surface area is 152 Å². The highest BCUT2D eigenvalue weighted by atomic mass is 32.2. The van der Waals surface area contributed by atoms with Crippen molar-refractivity contribution in [2.24, 2.45) is 0 Å². The van der Waals surface area contributed by atoms with E-state index in [1.54, 1.807) is 18.5 Å². The van der Waals surface area contributed by atoms with Crippen LogP contribution >= 0.6 is 11.8 Å². The van der Waals surface area contributed by atoms with Gasteiger partial charge in [-0.1, -0.05) is 12.1 Å². The zero-order chi connectivity index (χ0) is 17.5. The fourth-order valence-corrected chi connectivity index (χ4v) is 3.73. The Kier molecular flexibility index (Phi) is 6.33. The van der Waals surface area contributed by atoms with Gasteiger partial charge in [-0.3, -0.25) is 0 Å². The average molecular weight is 361 g/mol. The second-order valence-corrected chi connectivity index (χ2v) is 7.24. The van der Waals surface area contributed by atoms with Gasteiger partial charge in [-0.15, -0.1) is 0 Å². The number of aromatic nitrogens is 2. The molecule has 1 aromatic heterocycles. The molecule has 0 unspecified atom stereocenters. The Morgan fingerprint density at radius 1 is 1.24 bits per heavy atom. The summed E-state index contributed by atoms with van der Waals surface area (Å²) in [6.45, 7) is 3.63. The highest BCUT2D eigenvalue weighted by Crippen LogP contribution is 2.19. The molecule has 134 valence electrons. The number of nitrogens with zero attached hydrogens (tertiary/aromatic N) is 4. The van der Waals surface area contributed by atoms with Crippen LogP contribution < -0.4 is 15.1 Å². The lowest BCUT2D eigenvalue weighted by atomic mass is 10.2. The van der Waals surface area contributed by atoms with Crippen molar-refractivity contribution in [2.45, 2.75) is 6.42 Å². The van der Waals surface area contributed by atoms with Crippen LogP contribution in [-0.2, 0) is 0 Å². The second-order valence-electron chi connectivity index (χ2n) is 6.01. The minimum absolute atomic E-state index is 0.182. The molecule has 1 fully saturated rings. The molecule has 1 saturated heterocycles. The van der Waals surface area contributed by atoms with Crippen LogP contribution in [0, 0.1) is 5.82 Å². The van der Waals surface area contributed by atoms with Crippen molar-refractivity contribution in [3.8, 4) is 0 Å². The first-order valence-electron chi connectivity index (χ1n) is 8.58. The lowest BCUT2D eigenvalue weighted by Gasteiger charge is -2.27. The summed E-state index contributed by atoms with van der Waals surface area (Å²) >= 11 is 1.98. The number of para-hydroxylation sites is 1. The van der Waals surface area contributed by atoms with Gasteiger partial charge >= 0.3 is 0 Å². The molecule has 1 N–H and O–H groups in total. The highest BCUT2D eigenvalue weighted by molar-refractivity contribution is 7.99. The van der Waals surface area contributed by atoms with Crippen molar-refractivity contribution in [1.29, 1.82) is 0 Å². The van der Waals surface area contributed by atoms with Crippen molar-refractivity contribution < 1.29 is 4.39 Å². The van der Waals surface area contributed by atoms with E-state index in [9.17, 15) is 4.39 Å². The Morgan fingerprint density at radius 3 is 2.84 bits per heavy atom. The minimum atomic E-state index is -0.182. The summed E-state index contributed by atoms with van der Waals surface area (Å²) in [5.74, 6) is 3.95. The van der Waals surface area contributed by atoms with Crippen molar-refractivity contribution in [3.63, 3.8) is 0 Å². The monoisotopic (exact) mass is 361 g/mol. The van der Waals surface area contributed by atoms with Crippen LogP contribution in [0.5, 0.6) is 0 Å². The van der Waals surface area contributed by atoms with Gasteiger partial charge in [0, 0.05) is 50.8 Å². The topological polar surface area (TPSA) is 44.3 Å². The zero-order valence-electron chi connectivity index (χ0n) is 14.5. The van der Waals surface area contributed by atoms with E-state index in [4.69, 9.17) is 0 Å². The van der Waals surface area contributed by atoms with Gasteiger partial charge in [0.2, 0.25) is 0 Å². The third-order valence-electron chi connectivity index (χ3n) is 4.23. The van der Waals surface area contributed by atoms with Gasteiger partial charge in [-0.05, 0) is 18.6 Å². The SMILES string of the molecule is CN(CCCNc1cc(N2CCSCC2)ncn1)c1ccccc1F. The van der Waals surface area contributed by atoms with Gasteiger partial charge in [-0.25, -0.2) is 14.4 Å². The number of thioether (sulfide) groups is 1. The van der Waals surface area contributed by atoms with E-state index in [1.807, 2.05) is 35.8 Å². The number of halogens is 1. The predicted molar refractivity (Wildman–Crippen MR) is 104 cm³/mol. The first-order valence-corrected chi connectivity index (χ1v) is 9.74. The summed E-state index contributed by atoms with van der Waals surface area (Å²) in [6, 6.07) is 8.87. The van der Waals surface area contributed by atoms with E-state index in [1.165, 1.54) is 6.07 Å². The first kappa shape index (κ1) is 17.8. The van der Waals surface area contributed by atoms with Crippen molar-refractivity contribution >= 4 is 29.1 Å². The smallest absolute Gasteiger partial charge is 0.146 e. The lowest BCUT2D eigenvalue weighted by Crippen LogP contribution is -2.33. The van der Waals surface area contributed by atoms with Gasteiger partial charge in [-0.2, -0.15) is 11.8 Å². The van der Waals surface area contributed by atoms with E-state index >= 15 is 0 Å². The maximum absolute atomic E-state index is 13.8. The first-order chi connectivity index (χ1) is 12.2. The molecule has 5 nitrogen and oxygen atoms in total. The van der Waals surface area contributed by atoms with Crippen LogP contribution in [0.15, 0.2) is 36.7 Å². The molecule has 0 radical (unpaired) electrons. The fraction of sp³-hybridized carbons (Fsp3) is 0.444. The quantitative estimate of drug-likeness (QED) is 0.765. The molecule has 2 heterocycles. The van der Waals surface area contributed by atoms with Gasteiger partial charge < -0.3 is 15.1 Å². The van der Waals surface area contributed by atoms with Crippen LogP contribution in [0.25, 0.3) is 0 Å². The molecule has 0 aliphatic carbocycles. The van der Waals surface area contributed by atoms with Crippen LogP contribution in [0.2, 0.25) is 0 Å². The Balaban J connectivity index is 1.46. The number of benzene rings is 1. The van der Waals surface area contributed by atoms with Crippen LogP contribution in [0.1, 0.15) is 6.42 Å². The number of nitrogens with one attached hydrogen (secondary N) is 1. The van der Waals surface area contributed by atoms with Gasteiger partial charge in [0.15, 0.2) is 0 Å². The summed E-state index contributed by atoms with van der Waals surface area (Å²) < 4.78 is 13.8. The number of rotatable bonds is 7. The molecule has 0 atom stereocenters. The van der Waals surface area contributed by atoms with Crippen LogP contribution in [0.3, 0.4) is 0 Å². The fourth-order valence-electron chi connectivity index (χ4n) is 2.82.